The number of nitrogens with two attached hydrogens (primary N) is 2. The number of anilines is 2. The van der Waals surface area contributed by atoms with E-state index < -0.39 is 29.3 Å². The van der Waals surface area contributed by atoms with Gasteiger partial charge in [-0.15, -0.1) is 0 Å². The maximum atomic E-state index is 13.0. The van der Waals surface area contributed by atoms with E-state index in [4.69, 9.17) is 11.5 Å². The van der Waals surface area contributed by atoms with Gasteiger partial charge in [-0.3, -0.25) is 0 Å². The van der Waals surface area contributed by atoms with Crippen LogP contribution < -0.4 is 11.5 Å². The molecular weight excluding hydrogens is 200 g/mol. The van der Waals surface area contributed by atoms with Crippen molar-refractivity contribution in [2.45, 2.75) is 13.3 Å². The van der Waals surface area contributed by atoms with Crippen molar-refractivity contribution in [3.8, 4) is 0 Å². The Morgan fingerprint density at radius 1 is 1.00 bits per heavy atom. The summed E-state index contributed by atoms with van der Waals surface area (Å²) in [5.41, 5.74) is 8.05. The van der Waals surface area contributed by atoms with Crippen molar-refractivity contribution in [1.29, 1.82) is 0 Å². The van der Waals surface area contributed by atoms with Crippen LogP contribution in [0.5, 0.6) is 0 Å². The van der Waals surface area contributed by atoms with Crippen LogP contribution >= 0.6 is 0 Å². The molecule has 0 radical (unpaired) electrons. The van der Waals surface area contributed by atoms with Gasteiger partial charge in [-0.2, -0.15) is 0 Å². The molecule has 0 aliphatic heterocycles. The molecule has 0 bridgehead atoms. The van der Waals surface area contributed by atoms with Gasteiger partial charge in [-0.05, 0) is 12.5 Å². The molecule has 1 rings (SSSR count). The van der Waals surface area contributed by atoms with Crippen molar-refractivity contribution in [2.75, 3.05) is 11.5 Å². The highest BCUT2D eigenvalue weighted by molar-refractivity contribution is 5.70. The van der Waals surface area contributed by atoms with Crippen molar-refractivity contribution in [3.05, 3.63) is 22.8 Å². The molecule has 0 unspecified atom stereocenters. The van der Waals surface area contributed by atoms with Gasteiger partial charge in [-0.1, -0.05) is 0 Å². The van der Waals surface area contributed by atoms with E-state index in [1.54, 1.807) is 0 Å². The number of alkyl halides is 2. The van der Waals surface area contributed by atoms with E-state index in [1.165, 1.54) is 0 Å². The lowest BCUT2D eigenvalue weighted by atomic mass is 10.0. The van der Waals surface area contributed by atoms with Gasteiger partial charge in [0.25, 0.3) is 6.43 Å². The van der Waals surface area contributed by atoms with Crippen LogP contribution in [0.15, 0.2) is 0 Å². The molecule has 0 atom stereocenters. The molecule has 0 heterocycles. The fourth-order valence-corrected chi connectivity index (χ4v) is 1.13. The largest absolute Gasteiger partial charge is 0.397 e. The second-order valence-electron chi connectivity index (χ2n) is 2.79. The van der Waals surface area contributed by atoms with Gasteiger partial charge in [0, 0.05) is 0 Å². The third-order valence-corrected chi connectivity index (χ3v) is 1.98. The Morgan fingerprint density at radius 2 is 1.50 bits per heavy atom. The third-order valence-electron chi connectivity index (χ3n) is 1.98. The summed E-state index contributed by atoms with van der Waals surface area (Å²) in [4.78, 5) is 0. The molecule has 1 aromatic carbocycles. The highest BCUT2D eigenvalue weighted by atomic mass is 19.3. The lowest BCUT2D eigenvalue weighted by Crippen LogP contribution is -2.08. The molecule has 0 aliphatic rings. The van der Waals surface area contributed by atoms with E-state index in [0.717, 1.165) is 6.92 Å². The van der Waals surface area contributed by atoms with Crippen molar-refractivity contribution < 1.29 is 17.6 Å². The highest BCUT2D eigenvalue weighted by Crippen LogP contribution is 2.35. The zero-order valence-corrected chi connectivity index (χ0v) is 7.24. The molecule has 0 saturated carbocycles. The number of halogens is 4. The molecule has 78 valence electrons. The minimum Gasteiger partial charge on any atom is -0.397 e. The lowest BCUT2D eigenvalue weighted by molar-refractivity contribution is 0.144. The van der Waals surface area contributed by atoms with Gasteiger partial charge < -0.3 is 11.5 Å². The van der Waals surface area contributed by atoms with E-state index in [9.17, 15) is 17.6 Å². The predicted octanol–water partition coefficient (Wildman–Crippen LogP) is 2.38. The molecule has 0 amide bonds. The number of rotatable bonds is 1. The molecule has 0 spiro atoms. The van der Waals surface area contributed by atoms with Crippen LogP contribution in [0.1, 0.15) is 17.6 Å². The van der Waals surface area contributed by atoms with Gasteiger partial charge in [-0.25, -0.2) is 17.6 Å². The molecule has 0 saturated heterocycles. The second kappa shape index (κ2) is 3.36. The lowest BCUT2D eigenvalue weighted by Gasteiger charge is -2.12. The smallest absolute Gasteiger partial charge is 0.267 e. The van der Waals surface area contributed by atoms with Crippen LogP contribution in [-0.4, -0.2) is 0 Å². The normalized spacial score (nSPS) is 11.0. The average molecular weight is 208 g/mol. The molecule has 2 nitrogen and oxygen atoms in total. The molecule has 0 fully saturated rings. The van der Waals surface area contributed by atoms with E-state index in [1.807, 2.05) is 0 Å². The van der Waals surface area contributed by atoms with Gasteiger partial charge >= 0.3 is 0 Å². The van der Waals surface area contributed by atoms with Gasteiger partial charge in [0.2, 0.25) is 0 Å². The fourth-order valence-electron chi connectivity index (χ4n) is 1.13. The van der Waals surface area contributed by atoms with E-state index in [2.05, 4.69) is 0 Å². The summed E-state index contributed by atoms with van der Waals surface area (Å²) in [6, 6.07) is 0. The zero-order valence-electron chi connectivity index (χ0n) is 7.24. The highest BCUT2D eigenvalue weighted by Gasteiger charge is 2.24. The number of hydrogen-bond acceptors (Lipinski definition) is 2. The summed E-state index contributed by atoms with van der Waals surface area (Å²) >= 11 is 0. The molecule has 1 aromatic rings. The first-order chi connectivity index (χ1) is 6.37. The van der Waals surface area contributed by atoms with Crippen LogP contribution in [0, 0.1) is 18.6 Å². The van der Waals surface area contributed by atoms with Crippen LogP contribution in [0.3, 0.4) is 0 Å². The van der Waals surface area contributed by atoms with Crippen LogP contribution in [-0.2, 0) is 0 Å². The Kier molecular flexibility index (Phi) is 2.55. The van der Waals surface area contributed by atoms with Crippen molar-refractivity contribution in [3.63, 3.8) is 0 Å². The summed E-state index contributed by atoms with van der Waals surface area (Å²) < 4.78 is 50.4. The first kappa shape index (κ1) is 10.6. The third kappa shape index (κ3) is 1.36. The minimum atomic E-state index is -3.12. The Labute approximate surface area is 77.5 Å². The quantitative estimate of drug-likeness (QED) is 0.549. The predicted molar refractivity (Wildman–Crippen MR) is 44.9 cm³/mol. The summed E-state index contributed by atoms with van der Waals surface area (Å²) in [5.74, 6) is -3.16. The average Bonchev–Trinajstić information content (AvgIpc) is 2.11. The topological polar surface area (TPSA) is 52.0 Å². The van der Waals surface area contributed by atoms with Gasteiger partial charge in [0.05, 0.1) is 16.9 Å². The van der Waals surface area contributed by atoms with Crippen LogP contribution in [0.2, 0.25) is 0 Å². The second-order valence-corrected chi connectivity index (χ2v) is 2.79. The molecule has 0 aromatic heterocycles. The first-order valence-corrected chi connectivity index (χ1v) is 3.68. The summed E-state index contributed by atoms with van der Waals surface area (Å²) in [7, 11) is 0. The fraction of sp³-hybridized carbons (Fsp3) is 0.250. The first-order valence-electron chi connectivity index (χ1n) is 3.68. The Balaban J connectivity index is 3.60. The van der Waals surface area contributed by atoms with Gasteiger partial charge in [0.15, 0.2) is 11.6 Å². The maximum Gasteiger partial charge on any atom is 0.267 e. The summed E-state index contributed by atoms with van der Waals surface area (Å²) in [5, 5.41) is 0. The summed E-state index contributed by atoms with van der Waals surface area (Å²) in [6.45, 7) is 1.16. The van der Waals surface area contributed by atoms with E-state index in [-0.39, 0.29) is 11.3 Å². The molecule has 0 aliphatic carbocycles. The molecule has 6 heteroatoms. The van der Waals surface area contributed by atoms with Crippen molar-refractivity contribution in [2.24, 2.45) is 0 Å². The van der Waals surface area contributed by atoms with Gasteiger partial charge in [0.1, 0.15) is 0 Å². The number of nitrogen functional groups attached to an aromatic ring is 2. The van der Waals surface area contributed by atoms with E-state index in [0.29, 0.717) is 0 Å². The Hall–Kier alpha value is -1.46. The van der Waals surface area contributed by atoms with E-state index >= 15 is 0 Å². The monoisotopic (exact) mass is 208 g/mol. The standard InChI is InChI=1S/C8H8F4N2/c1-2-3(8(11)12)4(9)5(10)7(14)6(2)13/h8H,13-14H2,1H3. The van der Waals surface area contributed by atoms with Crippen LogP contribution in [0.4, 0.5) is 28.9 Å². The maximum absolute atomic E-state index is 13.0. The molecule has 4 N–H and O–H groups in total. The summed E-state index contributed by atoms with van der Waals surface area (Å²) in [6.07, 6.45) is -3.12. The number of hydrogen-bond donors (Lipinski definition) is 2. The Morgan fingerprint density at radius 3 is 1.93 bits per heavy atom. The number of benzene rings is 1. The van der Waals surface area contributed by atoms with Crippen molar-refractivity contribution in [1.82, 2.24) is 0 Å². The van der Waals surface area contributed by atoms with Crippen molar-refractivity contribution >= 4 is 11.4 Å². The molecular formula is C8H8F4N2. The minimum absolute atomic E-state index is 0.226. The molecule has 14 heavy (non-hydrogen) atoms. The van der Waals surface area contributed by atoms with Crippen LogP contribution in [0.25, 0.3) is 0 Å². The Bertz CT molecular complexity index is 347. The SMILES string of the molecule is Cc1c(N)c(N)c(F)c(F)c1C(F)F. The zero-order chi connectivity index (χ0) is 11.0.